The van der Waals surface area contributed by atoms with Gasteiger partial charge in [0.15, 0.2) is 6.79 Å². The first kappa shape index (κ1) is 12.7. The van der Waals surface area contributed by atoms with Crippen LogP contribution in [0.3, 0.4) is 0 Å². The summed E-state index contributed by atoms with van der Waals surface area (Å²) >= 11 is 5.16. The zero-order chi connectivity index (χ0) is 13.2. The number of halogens is 1. The van der Waals surface area contributed by atoms with Crippen molar-refractivity contribution in [2.75, 3.05) is 6.79 Å². The van der Waals surface area contributed by atoms with Gasteiger partial charge in [-0.15, -0.1) is 11.3 Å². The fraction of sp³-hybridized carbons (Fsp3) is 0.0667. The minimum atomic E-state index is -0.295. The molecule has 3 rings (SSSR count). The summed E-state index contributed by atoms with van der Waals surface area (Å²) in [5.41, 5.74) is 1.20. The van der Waals surface area contributed by atoms with E-state index in [-0.39, 0.29) is 6.79 Å². The predicted octanol–water partition coefficient (Wildman–Crippen LogP) is 4.66. The molecular weight excluding hydrogens is 324 g/mol. The molecule has 19 heavy (non-hydrogen) atoms. The first-order valence-electron chi connectivity index (χ1n) is 5.79. The smallest absolute Gasteiger partial charge is 0.186 e. The molecule has 4 heteroatoms. The molecule has 0 fully saturated rings. The maximum Gasteiger partial charge on any atom is 0.186 e. The first-order valence-corrected chi connectivity index (χ1v) is 7.40. The van der Waals surface area contributed by atoms with E-state index in [1.54, 1.807) is 11.3 Å². The van der Waals surface area contributed by atoms with Gasteiger partial charge in [-0.25, -0.2) is 0 Å². The van der Waals surface area contributed by atoms with Crippen LogP contribution in [0.25, 0.3) is 20.5 Å². The summed E-state index contributed by atoms with van der Waals surface area (Å²) in [6.45, 7) is -0.295. The number of thiophene rings is 1. The lowest BCUT2D eigenvalue weighted by Gasteiger charge is -2.00. The maximum absolute atomic E-state index is 8.78. The maximum atomic E-state index is 8.78. The van der Waals surface area contributed by atoms with Crippen LogP contribution in [0.15, 0.2) is 53.0 Å². The molecule has 0 saturated carbocycles. The van der Waals surface area contributed by atoms with Gasteiger partial charge in [-0.3, -0.25) is 0 Å². The molecule has 3 aromatic rings. The number of benzene rings is 2. The molecule has 0 bridgehead atoms. The summed E-state index contributed by atoms with van der Waals surface area (Å²) in [7, 11) is 0. The Hall–Kier alpha value is -1.36. The minimum Gasteiger partial charge on any atom is -0.468 e. The molecule has 0 spiro atoms. The van der Waals surface area contributed by atoms with Gasteiger partial charge in [-0.1, -0.05) is 28.1 Å². The van der Waals surface area contributed by atoms with Crippen molar-refractivity contribution >= 4 is 37.4 Å². The second-order valence-electron chi connectivity index (χ2n) is 4.09. The lowest BCUT2D eigenvalue weighted by molar-refractivity contribution is 0.0987. The minimum absolute atomic E-state index is 0.295. The van der Waals surface area contributed by atoms with Crippen LogP contribution in [0.2, 0.25) is 0 Å². The largest absolute Gasteiger partial charge is 0.468 e. The molecule has 0 saturated heterocycles. The molecule has 2 nitrogen and oxygen atoms in total. The summed E-state index contributed by atoms with van der Waals surface area (Å²) < 4.78 is 7.34. The van der Waals surface area contributed by atoms with E-state index in [9.17, 15) is 0 Å². The molecule has 0 atom stereocenters. The third-order valence-electron chi connectivity index (χ3n) is 2.85. The Morgan fingerprint density at radius 2 is 1.84 bits per heavy atom. The van der Waals surface area contributed by atoms with Crippen LogP contribution in [0.4, 0.5) is 0 Å². The molecule has 1 N–H and O–H groups in total. The molecule has 0 aliphatic rings. The summed E-state index contributed by atoms with van der Waals surface area (Å²) in [5.74, 6) is 0.694. The highest BCUT2D eigenvalue weighted by Crippen LogP contribution is 2.35. The summed E-state index contributed by atoms with van der Waals surface area (Å²) in [4.78, 5) is 1.23. The SMILES string of the molecule is OCOc1ccc2cc(-c3ccc(Br)cc3)sc2c1. The highest BCUT2D eigenvalue weighted by molar-refractivity contribution is 9.10. The monoisotopic (exact) mass is 334 g/mol. The predicted molar refractivity (Wildman–Crippen MR) is 82.7 cm³/mol. The highest BCUT2D eigenvalue weighted by atomic mass is 79.9. The Balaban J connectivity index is 2.03. The van der Waals surface area contributed by atoms with Crippen LogP contribution in [-0.4, -0.2) is 11.9 Å². The van der Waals surface area contributed by atoms with Crippen molar-refractivity contribution in [2.24, 2.45) is 0 Å². The normalized spacial score (nSPS) is 10.8. The van der Waals surface area contributed by atoms with Gasteiger partial charge < -0.3 is 9.84 Å². The van der Waals surface area contributed by atoms with Gasteiger partial charge in [0, 0.05) is 14.0 Å². The second kappa shape index (κ2) is 5.33. The molecule has 0 unspecified atom stereocenters. The molecule has 1 aromatic heterocycles. The molecule has 2 aromatic carbocycles. The van der Waals surface area contributed by atoms with Gasteiger partial charge in [0.2, 0.25) is 0 Å². The lowest BCUT2D eigenvalue weighted by Crippen LogP contribution is -1.93. The van der Waals surface area contributed by atoms with Gasteiger partial charge in [0.1, 0.15) is 5.75 Å². The quantitative estimate of drug-likeness (QED) is 0.706. The lowest BCUT2D eigenvalue weighted by atomic mass is 10.1. The zero-order valence-electron chi connectivity index (χ0n) is 9.97. The van der Waals surface area contributed by atoms with Crippen molar-refractivity contribution in [3.05, 3.63) is 53.0 Å². The van der Waals surface area contributed by atoms with Crippen LogP contribution in [0.5, 0.6) is 5.75 Å². The third-order valence-corrected chi connectivity index (χ3v) is 4.53. The number of aliphatic hydroxyl groups is 1. The second-order valence-corrected chi connectivity index (χ2v) is 6.09. The summed E-state index contributed by atoms with van der Waals surface area (Å²) in [6.07, 6.45) is 0. The molecule has 0 radical (unpaired) electrons. The van der Waals surface area contributed by atoms with Crippen LogP contribution in [-0.2, 0) is 0 Å². The van der Waals surface area contributed by atoms with E-state index in [2.05, 4.69) is 34.1 Å². The van der Waals surface area contributed by atoms with Crippen molar-refractivity contribution in [3.63, 3.8) is 0 Å². The fourth-order valence-corrected chi connectivity index (χ4v) is 3.29. The highest BCUT2D eigenvalue weighted by Gasteiger charge is 2.05. The van der Waals surface area contributed by atoms with Crippen molar-refractivity contribution in [1.29, 1.82) is 0 Å². The fourth-order valence-electron chi connectivity index (χ4n) is 1.93. The van der Waals surface area contributed by atoms with E-state index in [0.717, 1.165) is 9.17 Å². The average molecular weight is 335 g/mol. The first-order chi connectivity index (χ1) is 9.26. The number of aliphatic hydroxyl groups excluding tert-OH is 1. The van der Waals surface area contributed by atoms with E-state index in [1.807, 2.05) is 30.3 Å². The number of hydrogen-bond donors (Lipinski definition) is 1. The molecule has 0 amide bonds. The molecular formula is C15H11BrO2S. The van der Waals surface area contributed by atoms with E-state index >= 15 is 0 Å². The van der Waals surface area contributed by atoms with Gasteiger partial charge >= 0.3 is 0 Å². The van der Waals surface area contributed by atoms with Gasteiger partial charge in [-0.05, 0) is 47.3 Å². The van der Waals surface area contributed by atoms with Crippen LogP contribution < -0.4 is 4.74 Å². The van der Waals surface area contributed by atoms with E-state index in [1.165, 1.54) is 15.8 Å². The van der Waals surface area contributed by atoms with Crippen LogP contribution in [0, 0.1) is 0 Å². The molecule has 1 heterocycles. The average Bonchev–Trinajstić information content (AvgIpc) is 2.83. The Labute approximate surface area is 123 Å². The topological polar surface area (TPSA) is 29.5 Å². The standard InChI is InChI=1S/C15H11BrO2S/c16-12-4-1-10(2-5-12)14-7-11-3-6-13(18-9-17)8-15(11)19-14/h1-8,17H,9H2. The van der Waals surface area contributed by atoms with Crippen molar-refractivity contribution in [3.8, 4) is 16.2 Å². The molecule has 0 aliphatic carbocycles. The van der Waals surface area contributed by atoms with Crippen LogP contribution >= 0.6 is 27.3 Å². The van der Waals surface area contributed by atoms with Crippen molar-refractivity contribution in [2.45, 2.75) is 0 Å². The summed E-state index contributed by atoms with van der Waals surface area (Å²) in [5, 5.41) is 9.97. The van der Waals surface area contributed by atoms with E-state index in [4.69, 9.17) is 9.84 Å². The molecule has 96 valence electrons. The van der Waals surface area contributed by atoms with Gasteiger partial charge in [0.25, 0.3) is 0 Å². The number of rotatable bonds is 3. The van der Waals surface area contributed by atoms with Gasteiger partial charge in [-0.2, -0.15) is 0 Å². The zero-order valence-corrected chi connectivity index (χ0v) is 12.4. The van der Waals surface area contributed by atoms with Crippen LogP contribution in [0.1, 0.15) is 0 Å². The Kier molecular flexibility index (Phi) is 3.55. The Morgan fingerprint density at radius 1 is 1.05 bits per heavy atom. The number of ether oxygens (including phenoxy) is 1. The number of fused-ring (bicyclic) bond motifs is 1. The van der Waals surface area contributed by atoms with Crippen molar-refractivity contribution in [1.82, 2.24) is 0 Å². The van der Waals surface area contributed by atoms with E-state index < -0.39 is 0 Å². The number of hydrogen-bond acceptors (Lipinski definition) is 3. The van der Waals surface area contributed by atoms with Crippen molar-refractivity contribution < 1.29 is 9.84 Å². The summed E-state index contributed by atoms with van der Waals surface area (Å²) in [6, 6.07) is 16.3. The van der Waals surface area contributed by atoms with Gasteiger partial charge in [0.05, 0.1) is 0 Å². The molecule has 0 aliphatic heterocycles. The van der Waals surface area contributed by atoms with E-state index in [0.29, 0.717) is 5.75 Å². The Morgan fingerprint density at radius 3 is 2.58 bits per heavy atom. The third kappa shape index (κ3) is 2.66. The Bertz CT molecular complexity index is 704.